The summed E-state index contributed by atoms with van der Waals surface area (Å²) in [7, 11) is -3.76. The number of nitrogens with zero attached hydrogens (tertiary/aromatic N) is 1. The Morgan fingerprint density at radius 3 is 1.78 bits per heavy atom. The van der Waals surface area contributed by atoms with Gasteiger partial charge < -0.3 is 9.64 Å². The zero-order valence-electron chi connectivity index (χ0n) is 20.9. The minimum absolute atomic E-state index is 0.111. The number of aryl methyl sites for hydroxylation is 2. The van der Waals surface area contributed by atoms with E-state index in [1.54, 1.807) is 29.2 Å². The largest absolute Gasteiger partial charge is 0.484 e. The summed E-state index contributed by atoms with van der Waals surface area (Å²) >= 11 is 0. The molecule has 1 N–H and O–H groups in total. The van der Waals surface area contributed by atoms with E-state index in [0.717, 1.165) is 22.3 Å². The van der Waals surface area contributed by atoms with Crippen LogP contribution in [-0.4, -0.2) is 25.8 Å². The molecule has 0 aromatic heterocycles. The lowest BCUT2D eigenvalue weighted by Gasteiger charge is -2.23. The molecule has 0 saturated heterocycles. The molecular formula is C30H30N2O4S. The highest BCUT2D eigenvalue weighted by atomic mass is 32.2. The van der Waals surface area contributed by atoms with Crippen molar-refractivity contribution >= 4 is 21.6 Å². The van der Waals surface area contributed by atoms with Crippen LogP contribution in [0.2, 0.25) is 0 Å². The molecule has 1 amide bonds. The number of carbonyl (C=O) groups is 1. The number of amides is 1. The van der Waals surface area contributed by atoms with Gasteiger partial charge >= 0.3 is 0 Å². The van der Waals surface area contributed by atoms with E-state index < -0.39 is 10.0 Å². The molecule has 0 aliphatic rings. The molecule has 0 atom stereocenters. The summed E-state index contributed by atoms with van der Waals surface area (Å²) in [4.78, 5) is 15.0. The fourth-order valence-electron chi connectivity index (χ4n) is 4.04. The smallest absolute Gasteiger partial charge is 0.261 e. The Morgan fingerprint density at radius 2 is 1.27 bits per heavy atom. The summed E-state index contributed by atoms with van der Waals surface area (Å²) in [5.41, 5.74) is 4.51. The first-order chi connectivity index (χ1) is 17.8. The SMILES string of the molecule is Cc1cc(C)cc(NS(=O)(=O)c2ccc(OCC(=O)N(Cc3ccccc3)Cc3ccccc3)cc2)c1. The van der Waals surface area contributed by atoms with Crippen LogP contribution in [0.4, 0.5) is 5.69 Å². The highest BCUT2D eigenvalue weighted by molar-refractivity contribution is 7.92. The molecule has 0 saturated carbocycles. The molecule has 0 aliphatic heterocycles. The highest BCUT2D eigenvalue weighted by Gasteiger charge is 2.17. The van der Waals surface area contributed by atoms with Crippen molar-refractivity contribution in [2.45, 2.75) is 31.8 Å². The number of hydrogen-bond donors (Lipinski definition) is 1. The Bertz CT molecular complexity index is 1380. The molecule has 190 valence electrons. The van der Waals surface area contributed by atoms with Crippen LogP contribution in [-0.2, 0) is 27.9 Å². The molecule has 0 bridgehead atoms. The number of sulfonamides is 1. The molecule has 37 heavy (non-hydrogen) atoms. The van der Waals surface area contributed by atoms with Gasteiger partial charge in [0.05, 0.1) is 4.90 Å². The maximum Gasteiger partial charge on any atom is 0.261 e. The van der Waals surface area contributed by atoms with Crippen LogP contribution >= 0.6 is 0 Å². The number of carbonyl (C=O) groups excluding carboxylic acids is 1. The van der Waals surface area contributed by atoms with Crippen molar-refractivity contribution in [1.29, 1.82) is 0 Å². The molecule has 0 heterocycles. The average Bonchev–Trinajstić information content (AvgIpc) is 2.87. The molecule has 4 rings (SSSR count). The number of ether oxygens (including phenoxy) is 1. The van der Waals surface area contributed by atoms with Gasteiger partial charge in [0.1, 0.15) is 5.75 Å². The summed E-state index contributed by atoms with van der Waals surface area (Å²) in [5, 5.41) is 0. The fraction of sp³-hybridized carbons (Fsp3) is 0.167. The Labute approximate surface area is 218 Å². The molecule has 0 fully saturated rings. The van der Waals surface area contributed by atoms with Gasteiger partial charge in [0.2, 0.25) is 0 Å². The molecule has 4 aromatic rings. The number of anilines is 1. The van der Waals surface area contributed by atoms with E-state index in [1.807, 2.05) is 80.6 Å². The molecule has 7 heteroatoms. The van der Waals surface area contributed by atoms with Gasteiger partial charge in [-0.15, -0.1) is 0 Å². The van der Waals surface area contributed by atoms with Gasteiger partial charge in [0.15, 0.2) is 6.61 Å². The van der Waals surface area contributed by atoms with Crippen LogP contribution in [0.25, 0.3) is 0 Å². The molecule has 0 aliphatic carbocycles. The lowest BCUT2D eigenvalue weighted by Crippen LogP contribution is -2.34. The van der Waals surface area contributed by atoms with Crippen molar-refractivity contribution in [3.05, 3.63) is 125 Å². The minimum atomic E-state index is -3.76. The van der Waals surface area contributed by atoms with Crippen LogP contribution in [0.15, 0.2) is 108 Å². The quantitative estimate of drug-likeness (QED) is 0.294. The third-order valence-electron chi connectivity index (χ3n) is 5.76. The summed E-state index contributed by atoms with van der Waals surface area (Å²) in [6, 6.07) is 31.2. The highest BCUT2D eigenvalue weighted by Crippen LogP contribution is 2.21. The zero-order chi connectivity index (χ0) is 26.3. The van der Waals surface area contributed by atoms with E-state index in [2.05, 4.69) is 4.72 Å². The second-order valence-electron chi connectivity index (χ2n) is 8.96. The molecule has 0 unspecified atom stereocenters. The normalized spacial score (nSPS) is 11.1. The molecule has 0 radical (unpaired) electrons. The maximum absolute atomic E-state index is 13.1. The molecular weight excluding hydrogens is 484 g/mol. The Hall–Kier alpha value is -4.10. The monoisotopic (exact) mass is 514 g/mol. The van der Waals surface area contributed by atoms with Gasteiger partial charge in [-0.2, -0.15) is 0 Å². The Balaban J connectivity index is 1.41. The predicted molar refractivity (Wildman–Crippen MR) is 146 cm³/mol. The van der Waals surface area contributed by atoms with Crippen LogP contribution in [0.3, 0.4) is 0 Å². The van der Waals surface area contributed by atoms with Gasteiger partial charge in [0, 0.05) is 18.8 Å². The van der Waals surface area contributed by atoms with Crippen LogP contribution in [0.1, 0.15) is 22.3 Å². The van der Waals surface area contributed by atoms with Crippen molar-refractivity contribution in [3.8, 4) is 5.75 Å². The number of nitrogens with one attached hydrogen (secondary N) is 1. The van der Waals surface area contributed by atoms with E-state index in [9.17, 15) is 13.2 Å². The van der Waals surface area contributed by atoms with Crippen molar-refractivity contribution in [2.75, 3.05) is 11.3 Å². The van der Waals surface area contributed by atoms with Crippen molar-refractivity contribution in [1.82, 2.24) is 4.90 Å². The van der Waals surface area contributed by atoms with Crippen molar-refractivity contribution in [3.63, 3.8) is 0 Å². The summed E-state index contributed by atoms with van der Waals surface area (Å²) < 4.78 is 34.0. The molecule has 0 spiro atoms. The molecule has 4 aromatic carbocycles. The van der Waals surface area contributed by atoms with Gasteiger partial charge in [-0.1, -0.05) is 66.7 Å². The van der Waals surface area contributed by atoms with E-state index in [-0.39, 0.29) is 17.4 Å². The third-order valence-corrected chi connectivity index (χ3v) is 7.15. The van der Waals surface area contributed by atoms with E-state index in [1.165, 1.54) is 12.1 Å². The topological polar surface area (TPSA) is 75.7 Å². The second kappa shape index (κ2) is 11.8. The minimum Gasteiger partial charge on any atom is -0.484 e. The second-order valence-corrected chi connectivity index (χ2v) is 10.6. The summed E-state index contributed by atoms with van der Waals surface area (Å²) in [5.74, 6) is 0.249. The van der Waals surface area contributed by atoms with Gasteiger partial charge in [-0.25, -0.2) is 8.42 Å². The lowest BCUT2D eigenvalue weighted by molar-refractivity contribution is -0.134. The molecule has 6 nitrogen and oxygen atoms in total. The van der Waals surface area contributed by atoms with Gasteiger partial charge in [-0.3, -0.25) is 9.52 Å². The Kier molecular flexibility index (Phi) is 8.25. The van der Waals surface area contributed by atoms with Crippen molar-refractivity contribution in [2.24, 2.45) is 0 Å². The first kappa shape index (κ1) is 26.0. The van der Waals surface area contributed by atoms with Crippen LogP contribution in [0.5, 0.6) is 5.75 Å². The summed E-state index contributed by atoms with van der Waals surface area (Å²) in [6.45, 7) is 4.59. The maximum atomic E-state index is 13.1. The third kappa shape index (κ3) is 7.44. The standard InChI is InChI=1S/C30H30N2O4S/c1-23-17-24(2)19-27(18-23)31-37(34,35)29-15-13-28(14-16-29)36-22-30(33)32(20-25-9-5-3-6-10-25)21-26-11-7-4-8-12-26/h3-19,31H,20-22H2,1-2H3. The van der Waals surface area contributed by atoms with Crippen molar-refractivity contribution < 1.29 is 17.9 Å². The van der Waals surface area contributed by atoms with E-state index in [4.69, 9.17) is 4.74 Å². The summed E-state index contributed by atoms with van der Waals surface area (Å²) in [6.07, 6.45) is 0. The first-order valence-electron chi connectivity index (χ1n) is 12.0. The Morgan fingerprint density at radius 1 is 0.757 bits per heavy atom. The lowest BCUT2D eigenvalue weighted by atomic mass is 10.1. The predicted octanol–water partition coefficient (Wildman–Crippen LogP) is 5.71. The van der Waals surface area contributed by atoms with Gasteiger partial charge in [-0.05, 0) is 72.5 Å². The number of hydrogen-bond acceptors (Lipinski definition) is 4. The van der Waals surface area contributed by atoms with Crippen LogP contribution < -0.4 is 9.46 Å². The van der Waals surface area contributed by atoms with Crippen LogP contribution in [0, 0.1) is 13.8 Å². The first-order valence-corrected chi connectivity index (χ1v) is 13.5. The number of rotatable bonds is 10. The fourth-order valence-corrected chi connectivity index (χ4v) is 5.08. The zero-order valence-corrected chi connectivity index (χ0v) is 21.7. The van der Waals surface area contributed by atoms with Gasteiger partial charge in [0.25, 0.3) is 15.9 Å². The average molecular weight is 515 g/mol. The van der Waals surface area contributed by atoms with E-state index >= 15 is 0 Å². The number of benzene rings is 4. The van der Waals surface area contributed by atoms with E-state index in [0.29, 0.717) is 24.5 Å².